The molecule has 40 heavy (non-hydrogen) atoms. The second-order valence-electron chi connectivity index (χ2n) is 10.2. The summed E-state index contributed by atoms with van der Waals surface area (Å²) in [7, 11) is 3.16. The molecule has 3 unspecified atom stereocenters. The molecule has 3 aromatic rings. The maximum Gasteiger partial charge on any atom is 0.308 e. The van der Waals surface area contributed by atoms with Crippen molar-refractivity contribution in [1.82, 2.24) is 0 Å². The Balaban J connectivity index is 0.000000248. The molecule has 3 aromatic carbocycles. The Kier molecular flexibility index (Phi) is 7.47. The van der Waals surface area contributed by atoms with Gasteiger partial charge in [0.1, 0.15) is 47.6 Å². The van der Waals surface area contributed by atoms with Crippen LogP contribution in [0.2, 0.25) is 0 Å². The van der Waals surface area contributed by atoms with Gasteiger partial charge in [0.05, 0.1) is 25.7 Å². The fourth-order valence-electron chi connectivity index (χ4n) is 5.14. The smallest absolute Gasteiger partial charge is 0.308 e. The van der Waals surface area contributed by atoms with Gasteiger partial charge in [0, 0.05) is 30.5 Å². The van der Waals surface area contributed by atoms with Gasteiger partial charge < -0.3 is 33.5 Å². The van der Waals surface area contributed by atoms with Crippen LogP contribution in [0.1, 0.15) is 48.2 Å². The van der Waals surface area contributed by atoms with E-state index in [4.69, 9.17) is 33.5 Å². The van der Waals surface area contributed by atoms with Gasteiger partial charge in [-0.25, -0.2) is 0 Å². The largest absolute Gasteiger partial charge is 0.508 e. The third-order valence-corrected chi connectivity index (χ3v) is 7.19. The van der Waals surface area contributed by atoms with Crippen LogP contribution in [0.25, 0.3) is 0 Å². The number of esters is 1. The van der Waals surface area contributed by atoms with Crippen molar-refractivity contribution in [3.05, 3.63) is 65.2 Å². The Hall–Kier alpha value is -4.40. The lowest BCUT2D eigenvalue weighted by atomic mass is 9.81. The molecule has 210 valence electrons. The second-order valence-corrected chi connectivity index (χ2v) is 10.2. The third kappa shape index (κ3) is 5.11. The van der Waals surface area contributed by atoms with Gasteiger partial charge in [-0.2, -0.15) is 0 Å². The Morgan fingerprint density at radius 1 is 0.975 bits per heavy atom. The minimum atomic E-state index is -0.438. The summed E-state index contributed by atoms with van der Waals surface area (Å²) in [6, 6.07) is 13.3. The number of aromatic hydroxyl groups is 1. The summed E-state index contributed by atoms with van der Waals surface area (Å²) in [5, 5.41) is 8.85. The zero-order valence-electron chi connectivity index (χ0n) is 23.1. The first kappa shape index (κ1) is 27.2. The molecule has 0 bridgehead atoms. The summed E-state index contributed by atoms with van der Waals surface area (Å²) < 4.78 is 33.9. The Morgan fingerprint density at radius 2 is 1.68 bits per heavy atom. The van der Waals surface area contributed by atoms with E-state index in [0.717, 1.165) is 23.3 Å². The number of carbonyl (C=O) groups excluding carboxylic acids is 2. The van der Waals surface area contributed by atoms with E-state index in [-0.39, 0.29) is 29.7 Å². The molecule has 9 heteroatoms. The predicted octanol–water partition coefficient (Wildman–Crippen LogP) is 5.10. The highest BCUT2D eigenvalue weighted by Crippen LogP contribution is 2.49. The topological polar surface area (TPSA) is 110 Å². The number of methoxy groups -OCH3 is 2. The van der Waals surface area contributed by atoms with E-state index in [1.807, 2.05) is 18.2 Å². The van der Waals surface area contributed by atoms with E-state index < -0.39 is 5.92 Å². The number of ether oxygens (including phenoxy) is 6. The standard InChI is InChI=1S/C23H24O6.C8H8O3/c1-11(2)16-8-14-15(28-16)6-5-12-22(24)21-13-7-18(25-3)19(26-4)9-17(13)27-10-20(21)29-23(12)14;1-6(9)11-8-4-2-7(10)3-5-8/h5-7,9,11,16,20-21H,8,10H2,1-4H3;2-5,10H,1H3. The van der Waals surface area contributed by atoms with Gasteiger partial charge in [-0.3, -0.25) is 9.59 Å². The highest BCUT2D eigenvalue weighted by molar-refractivity contribution is 6.06. The van der Waals surface area contributed by atoms with Crippen molar-refractivity contribution in [2.45, 2.75) is 45.3 Å². The second kappa shape index (κ2) is 11.0. The van der Waals surface area contributed by atoms with Crippen LogP contribution in [-0.2, 0) is 11.2 Å². The summed E-state index contributed by atoms with van der Waals surface area (Å²) in [5.41, 5.74) is 2.37. The molecule has 0 saturated heterocycles. The van der Waals surface area contributed by atoms with Gasteiger partial charge >= 0.3 is 5.97 Å². The minimum absolute atomic E-state index is 0.0452. The average Bonchev–Trinajstić information content (AvgIpc) is 3.39. The van der Waals surface area contributed by atoms with Crippen LogP contribution in [0.5, 0.6) is 40.2 Å². The quantitative estimate of drug-likeness (QED) is 0.352. The first-order valence-electron chi connectivity index (χ1n) is 13.1. The molecule has 0 saturated carbocycles. The van der Waals surface area contributed by atoms with Crippen molar-refractivity contribution < 1.29 is 43.1 Å². The van der Waals surface area contributed by atoms with E-state index in [2.05, 4.69) is 13.8 Å². The first-order valence-corrected chi connectivity index (χ1v) is 13.1. The number of phenols is 1. The van der Waals surface area contributed by atoms with Crippen molar-refractivity contribution in [2.24, 2.45) is 5.92 Å². The number of hydrogen-bond donors (Lipinski definition) is 1. The Morgan fingerprint density at radius 3 is 2.33 bits per heavy atom. The molecule has 9 nitrogen and oxygen atoms in total. The van der Waals surface area contributed by atoms with Crippen LogP contribution in [0.4, 0.5) is 0 Å². The van der Waals surface area contributed by atoms with E-state index >= 15 is 0 Å². The zero-order chi connectivity index (χ0) is 28.6. The van der Waals surface area contributed by atoms with Crippen LogP contribution in [0.3, 0.4) is 0 Å². The van der Waals surface area contributed by atoms with Gasteiger partial charge in [-0.1, -0.05) is 13.8 Å². The molecule has 0 amide bonds. The van der Waals surface area contributed by atoms with Crippen LogP contribution in [-0.4, -0.2) is 49.9 Å². The molecule has 0 aromatic heterocycles. The highest BCUT2D eigenvalue weighted by Gasteiger charge is 2.45. The zero-order valence-corrected chi connectivity index (χ0v) is 23.1. The molecule has 3 atom stereocenters. The first-order chi connectivity index (χ1) is 19.2. The summed E-state index contributed by atoms with van der Waals surface area (Å²) in [6.45, 7) is 5.90. The fraction of sp³-hybridized carbons (Fsp3) is 0.355. The normalized spacial score (nSPS) is 19.8. The maximum absolute atomic E-state index is 13.5. The lowest BCUT2D eigenvalue weighted by Crippen LogP contribution is -2.43. The molecule has 3 aliphatic heterocycles. The number of rotatable bonds is 4. The third-order valence-electron chi connectivity index (χ3n) is 7.19. The predicted molar refractivity (Wildman–Crippen MR) is 145 cm³/mol. The summed E-state index contributed by atoms with van der Waals surface area (Å²) >= 11 is 0. The van der Waals surface area contributed by atoms with Gasteiger partial charge in [-0.05, 0) is 48.4 Å². The maximum atomic E-state index is 13.5. The van der Waals surface area contributed by atoms with Crippen LogP contribution in [0, 0.1) is 5.92 Å². The SMILES string of the molecule is CC(=O)Oc1ccc(O)cc1.COc1cc2c(cc1OC)C1C(=O)c3ccc4c(c3OC1CO2)CC(C(C)C)O4. The molecule has 0 spiro atoms. The molecule has 3 heterocycles. The average molecular weight is 549 g/mol. The van der Waals surface area contributed by atoms with Crippen LogP contribution >= 0.6 is 0 Å². The monoisotopic (exact) mass is 548 g/mol. The van der Waals surface area contributed by atoms with E-state index in [9.17, 15) is 9.59 Å². The van der Waals surface area contributed by atoms with E-state index in [1.54, 1.807) is 20.3 Å². The number of carbonyl (C=O) groups is 2. The molecular weight excluding hydrogens is 516 g/mol. The van der Waals surface area contributed by atoms with Crippen molar-refractivity contribution in [1.29, 1.82) is 0 Å². The summed E-state index contributed by atoms with van der Waals surface area (Å²) in [5.74, 6) is 3.47. The molecule has 0 radical (unpaired) electrons. The highest BCUT2D eigenvalue weighted by atomic mass is 16.5. The molecule has 0 aliphatic carbocycles. The molecular formula is C31H32O9. The number of hydrogen-bond acceptors (Lipinski definition) is 9. The minimum Gasteiger partial charge on any atom is -0.508 e. The number of benzene rings is 3. The number of phenolic OH excluding ortho intramolecular Hbond substituents is 1. The van der Waals surface area contributed by atoms with Gasteiger partial charge in [0.15, 0.2) is 17.3 Å². The summed E-state index contributed by atoms with van der Waals surface area (Å²) in [6.07, 6.45) is 0.474. The van der Waals surface area contributed by atoms with Crippen molar-refractivity contribution in [2.75, 3.05) is 20.8 Å². The van der Waals surface area contributed by atoms with Gasteiger partial charge in [0.25, 0.3) is 0 Å². The molecule has 3 aliphatic rings. The van der Waals surface area contributed by atoms with Crippen LogP contribution in [0.15, 0.2) is 48.5 Å². The Labute approximate surface area is 232 Å². The lowest BCUT2D eigenvalue weighted by Gasteiger charge is -2.37. The van der Waals surface area contributed by atoms with Gasteiger partial charge in [0.2, 0.25) is 0 Å². The van der Waals surface area contributed by atoms with E-state index in [0.29, 0.717) is 46.8 Å². The molecule has 0 fully saturated rings. The summed E-state index contributed by atoms with van der Waals surface area (Å²) in [4.78, 5) is 23.9. The van der Waals surface area contributed by atoms with Crippen LogP contribution < -0.4 is 28.4 Å². The van der Waals surface area contributed by atoms with Gasteiger partial charge in [-0.15, -0.1) is 0 Å². The van der Waals surface area contributed by atoms with Crippen molar-refractivity contribution in [3.63, 3.8) is 0 Å². The Bertz CT molecular complexity index is 1430. The lowest BCUT2D eigenvalue weighted by molar-refractivity contribution is -0.131. The number of fused-ring (bicyclic) bond motifs is 6. The number of Topliss-reactive ketones (excluding diaryl/α,β-unsaturated/α-hetero) is 1. The van der Waals surface area contributed by atoms with E-state index in [1.165, 1.54) is 31.2 Å². The fourth-order valence-corrected chi connectivity index (χ4v) is 5.14. The molecule has 6 rings (SSSR count). The van der Waals surface area contributed by atoms with Crippen molar-refractivity contribution in [3.8, 4) is 40.2 Å². The number of ketones is 1. The molecule has 1 N–H and O–H groups in total. The van der Waals surface area contributed by atoms with Crippen molar-refractivity contribution >= 4 is 11.8 Å².